The van der Waals surface area contributed by atoms with Gasteiger partial charge in [0.2, 0.25) is 0 Å². The van der Waals surface area contributed by atoms with E-state index in [-0.39, 0.29) is 5.41 Å². The highest BCUT2D eigenvalue weighted by Gasteiger charge is 2.42. The number of pyridine rings is 2. The predicted molar refractivity (Wildman–Crippen MR) is 106 cm³/mol. The molecule has 0 bridgehead atoms. The van der Waals surface area contributed by atoms with Gasteiger partial charge in [0, 0.05) is 47.0 Å². The van der Waals surface area contributed by atoms with Gasteiger partial charge in [0.05, 0.1) is 11.4 Å². The molecule has 5 rings (SSSR count). The molecule has 1 aliphatic carbocycles. The lowest BCUT2D eigenvalue weighted by Gasteiger charge is -2.41. The third-order valence-corrected chi connectivity index (χ3v) is 5.59. The van der Waals surface area contributed by atoms with Crippen molar-refractivity contribution in [3.8, 4) is 22.5 Å². The van der Waals surface area contributed by atoms with Crippen molar-refractivity contribution in [3.05, 3.63) is 72.7 Å². The summed E-state index contributed by atoms with van der Waals surface area (Å²) in [6.45, 7) is 0. The van der Waals surface area contributed by atoms with Gasteiger partial charge in [-0.25, -0.2) is 15.0 Å². The molecule has 3 N–H and O–H groups in total. The quantitative estimate of drug-likeness (QED) is 0.571. The summed E-state index contributed by atoms with van der Waals surface area (Å²) in [5.74, 6) is 0.485. The molecule has 4 heterocycles. The Morgan fingerprint density at radius 3 is 2.50 bits per heavy atom. The minimum absolute atomic E-state index is 0.0824. The minimum atomic E-state index is -0.0824. The van der Waals surface area contributed by atoms with Gasteiger partial charge in [-0.3, -0.25) is 10.1 Å². The zero-order valence-corrected chi connectivity index (χ0v) is 15.2. The molecule has 4 aromatic heterocycles. The van der Waals surface area contributed by atoms with E-state index in [1.54, 1.807) is 18.6 Å². The van der Waals surface area contributed by atoms with Crippen molar-refractivity contribution in [1.82, 2.24) is 30.1 Å². The Hall–Kier alpha value is -3.61. The van der Waals surface area contributed by atoms with Gasteiger partial charge >= 0.3 is 0 Å². The molecule has 1 aliphatic rings. The summed E-state index contributed by atoms with van der Waals surface area (Å²) in [6, 6.07) is 10.1. The first-order valence-electron chi connectivity index (χ1n) is 9.25. The molecule has 0 amide bonds. The summed E-state index contributed by atoms with van der Waals surface area (Å²) in [4.78, 5) is 17.0. The predicted octanol–water partition coefficient (Wildman–Crippen LogP) is 3.38. The van der Waals surface area contributed by atoms with Gasteiger partial charge in [-0.15, -0.1) is 0 Å². The molecule has 0 unspecified atom stereocenters. The van der Waals surface area contributed by atoms with Crippen LogP contribution in [0.25, 0.3) is 22.5 Å². The van der Waals surface area contributed by atoms with Crippen LogP contribution in [-0.4, -0.2) is 30.1 Å². The maximum absolute atomic E-state index is 6.02. The monoisotopic (exact) mass is 369 g/mol. The van der Waals surface area contributed by atoms with Gasteiger partial charge in [0.1, 0.15) is 12.1 Å². The van der Waals surface area contributed by atoms with E-state index >= 15 is 0 Å². The average molecular weight is 369 g/mol. The third kappa shape index (κ3) is 2.63. The van der Waals surface area contributed by atoms with E-state index in [9.17, 15) is 0 Å². The topological polar surface area (TPSA) is 106 Å². The molecule has 0 aromatic carbocycles. The normalized spacial score (nSPS) is 15.1. The highest BCUT2D eigenvalue weighted by molar-refractivity contribution is 5.71. The Balaban J connectivity index is 1.49. The van der Waals surface area contributed by atoms with E-state index < -0.39 is 0 Å². The highest BCUT2D eigenvalue weighted by Crippen LogP contribution is 2.48. The number of anilines is 1. The second-order valence-electron chi connectivity index (χ2n) is 7.10. The van der Waals surface area contributed by atoms with Gasteiger partial charge in [-0.1, -0.05) is 12.5 Å². The summed E-state index contributed by atoms with van der Waals surface area (Å²) in [7, 11) is 0. The molecule has 4 aromatic rings. The first-order chi connectivity index (χ1) is 13.8. The van der Waals surface area contributed by atoms with E-state index in [1.165, 1.54) is 18.3 Å². The van der Waals surface area contributed by atoms with Crippen molar-refractivity contribution in [1.29, 1.82) is 0 Å². The van der Waals surface area contributed by atoms with Crippen molar-refractivity contribution >= 4 is 5.82 Å². The fourth-order valence-corrected chi connectivity index (χ4v) is 3.86. The van der Waals surface area contributed by atoms with Crippen molar-refractivity contribution in [2.24, 2.45) is 0 Å². The van der Waals surface area contributed by atoms with Gasteiger partial charge in [0.15, 0.2) is 0 Å². The maximum atomic E-state index is 6.02. The molecule has 1 fully saturated rings. The number of H-pyrrole nitrogens is 1. The van der Waals surface area contributed by atoms with Crippen molar-refractivity contribution < 1.29 is 0 Å². The second-order valence-corrected chi connectivity index (χ2v) is 7.10. The average Bonchev–Trinajstić information content (AvgIpc) is 3.19. The van der Waals surface area contributed by atoms with Crippen molar-refractivity contribution in [2.45, 2.75) is 24.7 Å². The number of hydrogen-bond acceptors (Lipinski definition) is 6. The number of aromatic nitrogens is 6. The summed E-state index contributed by atoms with van der Waals surface area (Å²) in [6.07, 6.45) is 12.0. The first kappa shape index (κ1) is 16.6. The summed E-state index contributed by atoms with van der Waals surface area (Å²) in [5.41, 5.74) is 11.7. The number of rotatable bonds is 4. The molecule has 1 saturated carbocycles. The fraction of sp³-hybridized carbons (Fsp3) is 0.190. The van der Waals surface area contributed by atoms with Crippen LogP contribution in [0.5, 0.6) is 0 Å². The highest BCUT2D eigenvalue weighted by atomic mass is 15.1. The van der Waals surface area contributed by atoms with Crippen LogP contribution in [0, 0.1) is 0 Å². The van der Waals surface area contributed by atoms with E-state index in [0.717, 1.165) is 41.1 Å². The fourth-order valence-electron chi connectivity index (χ4n) is 3.86. The number of aromatic amines is 1. The lowest BCUT2D eigenvalue weighted by Crippen LogP contribution is -2.36. The molecule has 0 radical (unpaired) electrons. The van der Waals surface area contributed by atoms with E-state index in [4.69, 9.17) is 5.73 Å². The lowest BCUT2D eigenvalue weighted by molar-refractivity contribution is 0.292. The van der Waals surface area contributed by atoms with Crippen LogP contribution in [0.2, 0.25) is 0 Å². The Morgan fingerprint density at radius 2 is 1.82 bits per heavy atom. The molecule has 28 heavy (non-hydrogen) atoms. The van der Waals surface area contributed by atoms with E-state index in [2.05, 4.69) is 42.3 Å². The first-order valence-corrected chi connectivity index (χ1v) is 9.25. The molecule has 7 heteroatoms. The Kier molecular flexibility index (Phi) is 3.86. The van der Waals surface area contributed by atoms with Gasteiger partial charge in [-0.2, -0.15) is 5.10 Å². The molecule has 138 valence electrons. The van der Waals surface area contributed by atoms with E-state index in [1.807, 2.05) is 24.4 Å². The molecular formula is C21H19N7. The maximum Gasteiger partial charge on any atom is 0.132 e. The van der Waals surface area contributed by atoms with Crippen LogP contribution in [0.15, 0.2) is 61.4 Å². The van der Waals surface area contributed by atoms with Crippen molar-refractivity contribution in [3.63, 3.8) is 0 Å². The number of nitrogens with two attached hydrogens (primary N) is 1. The summed E-state index contributed by atoms with van der Waals surface area (Å²) < 4.78 is 0. The molecular weight excluding hydrogens is 350 g/mol. The zero-order valence-electron chi connectivity index (χ0n) is 15.2. The van der Waals surface area contributed by atoms with Crippen LogP contribution < -0.4 is 5.73 Å². The smallest absolute Gasteiger partial charge is 0.132 e. The van der Waals surface area contributed by atoms with Crippen LogP contribution >= 0.6 is 0 Å². The van der Waals surface area contributed by atoms with Crippen molar-refractivity contribution in [2.75, 3.05) is 5.73 Å². The Bertz CT molecular complexity index is 1100. The lowest BCUT2D eigenvalue weighted by atomic mass is 9.63. The third-order valence-electron chi connectivity index (χ3n) is 5.59. The number of nitrogens with one attached hydrogen (secondary N) is 1. The standard InChI is InChI=1S/C21H19N7/c22-20-16(3-1-8-25-20)18-9-19(28-27-18)21(6-2-7-21)15-4-5-17(26-12-15)14-10-23-13-24-11-14/h1,3-5,8-13H,2,6-7H2,(H2,22,25)(H,27,28). The van der Waals surface area contributed by atoms with Gasteiger partial charge < -0.3 is 5.73 Å². The van der Waals surface area contributed by atoms with Gasteiger partial charge in [-0.05, 0) is 42.7 Å². The molecule has 7 nitrogen and oxygen atoms in total. The molecule has 0 atom stereocenters. The second kappa shape index (κ2) is 6.53. The summed E-state index contributed by atoms with van der Waals surface area (Å²) >= 11 is 0. The van der Waals surface area contributed by atoms with Gasteiger partial charge in [0.25, 0.3) is 0 Å². The number of hydrogen-bond donors (Lipinski definition) is 2. The molecule has 0 saturated heterocycles. The zero-order chi connectivity index (χ0) is 19.0. The molecule has 0 spiro atoms. The summed E-state index contributed by atoms with van der Waals surface area (Å²) in [5, 5.41) is 7.74. The Morgan fingerprint density at radius 1 is 0.964 bits per heavy atom. The van der Waals surface area contributed by atoms with E-state index in [0.29, 0.717) is 5.82 Å². The molecule has 0 aliphatic heterocycles. The SMILES string of the molecule is Nc1ncccc1-c1cc(C2(c3ccc(-c4cncnc4)nc3)CCC2)[nH]n1. The van der Waals surface area contributed by atoms with Crippen LogP contribution in [0.1, 0.15) is 30.5 Å². The van der Waals surface area contributed by atoms with Crippen LogP contribution in [-0.2, 0) is 5.41 Å². The largest absolute Gasteiger partial charge is 0.383 e. The number of nitrogens with zero attached hydrogens (tertiary/aromatic N) is 5. The van der Waals surface area contributed by atoms with Crippen LogP contribution in [0.3, 0.4) is 0 Å². The Labute approximate surface area is 162 Å². The number of nitrogen functional groups attached to an aromatic ring is 1. The minimum Gasteiger partial charge on any atom is -0.383 e. The van der Waals surface area contributed by atoms with Crippen LogP contribution in [0.4, 0.5) is 5.82 Å².